The fraction of sp³-hybridized carbons (Fsp3) is 0.389. The third-order valence-electron chi connectivity index (χ3n) is 4.39. The van der Waals surface area contributed by atoms with Crippen LogP contribution in [0.1, 0.15) is 17.8 Å². The summed E-state index contributed by atoms with van der Waals surface area (Å²) in [4.78, 5) is 27.4. The number of hydrogen-bond donors (Lipinski definition) is 0. The van der Waals surface area contributed by atoms with Gasteiger partial charge in [0.05, 0.1) is 22.7 Å². The van der Waals surface area contributed by atoms with Crippen molar-refractivity contribution in [3.05, 3.63) is 38.1 Å². The first-order valence-corrected chi connectivity index (χ1v) is 12.2. The van der Waals surface area contributed by atoms with E-state index in [1.807, 2.05) is 17.2 Å². The Morgan fingerprint density at radius 2 is 2.00 bits per heavy atom. The van der Waals surface area contributed by atoms with Crippen molar-refractivity contribution >= 4 is 61.0 Å². The Morgan fingerprint density at radius 3 is 2.74 bits per heavy atom. The van der Waals surface area contributed by atoms with E-state index in [9.17, 15) is 4.79 Å². The van der Waals surface area contributed by atoms with E-state index in [2.05, 4.69) is 47.6 Å². The van der Waals surface area contributed by atoms with Crippen molar-refractivity contribution < 1.29 is 4.79 Å². The summed E-state index contributed by atoms with van der Waals surface area (Å²) < 4.78 is 1.07. The quantitative estimate of drug-likeness (QED) is 0.541. The van der Waals surface area contributed by atoms with Crippen LogP contribution in [0.3, 0.4) is 0 Å². The predicted molar refractivity (Wildman–Crippen MR) is 117 cm³/mol. The van der Waals surface area contributed by atoms with Crippen molar-refractivity contribution in [1.82, 2.24) is 14.9 Å². The Balaban J connectivity index is 1.36. The highest BCUT2D eigenvalue weighted by molar-refractivity contribution is 9.10. The molecule has 0 aromatic carbocycles. The molecule has 5 nitrogen and oxygen atoms in total. The van der Waals surface area contributed by atoms with Gasteiger partial charge in [-0.2, -0.15) is 0 Å². The van der Waals surface area contributed by atoms with Gasteiger partial charge in [-0.15, -0.1) is 34.0 Å². The highest BCUT2D eigenvalue weighted by atomic mass is 79.9. The number of thiophene rings is 1. The minimum Gasteiger partial charge on any atom is -0.346 e. The second-order valence-corrected chi connectivity index (χ2v) is 9.96. The molecule has 3 aromatic heterocycles. The molecule has 1 saturated heterocycles. The monoisotopic (exact) mass is 482 g/mol. The molecule has 1 aliphatic heterocycles. The Hall–Kier alpha value is -1.29. The topological polar surface area (TPSA) is 49.3 Å². The molecule has 0 aliphatic carbocycles. The Bertz CT molecular complexity index is 935. The van der Waals surface area contributed by atoms with Crippen LogP contribution in [0.5, 0.6) is 0 Å². The maximum atomic E-state index is 12.8. The largest absolute Gasteiger partial charge is 0.346 e. The van der Waals surface area contributed by atoms with E-state index in [4.69, 9.17) is 0 Å². The van der Waals surface area contributed by atoms with Gasteiger partial charge in [-0.25, -0.2) is 9.97 Å². The molecular formula is C18H19BrN4OS3. The molecule has 1 aliphatic rings. The average Bonchev–Trinajstić information content (AvgIpc) is 3.33. The number of anilines is 1. The number of carbonyl (C=O) groups excluding carboxylic acids is 1. The zero-order valence-corrected chi connectivity index (χ0v) is 18.9. The van der Waals surface area contributed by atoms with Gasteiger partial charge in [0.2, 0.25) is 5.91 Å². The molecule has 9 heteroatoms. The number of aromatic nitrogens is 2. The van der Waals surface area contributed by atoms with Gasteiger partial charge >= 0.3 is 0 Å². The van der Waals surface area contributed by atoms with Crippen LogP contribution in [0.2, 0.25) is 0 Å². The Labute approximate surface area is 178 Å². The van der Waals surface area contributed by atoms with Gasteiger partial charge in [-0.05, 0) is 35.3 Å². The summed E-state index contributed by atoms with van der Waals surface area (Å²) >= 11 is 8.42. The first-order valence-electron chi connectivity index (χ1n) is 8.72. The molecule has 142 valence electrons. The number of thiazole rings is 2. The molecule has 0 unspecified atom stereocenters. The van der Waals surface area contributed by atoms with Crippen LogP contribution in [0.4, 0.5) is 5.13 Å². The second kappa shape index (κ2) is 8.38. The van der Waals surface area contributed by atoms with Crippen molar-refractivity contribution in [3.63, 3.8) is 0 Å². The predicted octanol–water partition coefficient (Wildman–Crippen LogP) is 4.68. The molecule has 0 bridgehead atoms. The van der Waals surface area contributed by atoms with Crippen LogP contribution in [0.25, 0.3) is 9.88 Å². The molecule has 27 heavy (non-hydrogen) atoms. The summed E-state index contributed by atoms with van der Waals surface area (Å²) in [5.41, 5.74) is 1.92. The van der Waals surface area contributed by atoms with E-state index < -0.39 is 0 Å². The smallest absolute Gasteiger partial charge is 0.228 e. The van der Waals surface area contributed by atoms with E-state index in [1.54, 1.807) is 34.0 Å². The number of aryl methyl sites for hydroxylation is 1. The number of rotatable bonds is 4. The molecule has 4 rings (SSSR count). The summed E-state index contributed by atoms with van der Waals surface area (Å²) in [6.07, 6.45) is 1.34. The summed E-state index contributed by atoms with van der Waals surface area (Å²) in [6.45, 7) is 5.35. The van der Waals surface area contributed by atoms with Gasteiger partial charge in [-0.3, -0.25) is 4.79 Å². The lowest BCUT2D eigenvalue weighted by Gasteiger charge is -2.21. The van der Waals surface area contributed by atoms with Crippen LogP contribution >= 0.6 is 49.9 Å². The fourth-order valence-corrected chi connectivity index (χ4v) is 6.22. The van der Waals surface area contributed by atoms with Crippen LogP contribution in [-0.2, 0) is 11.2 Å². The molecule has 0 N–H and O–H groups in total. The molecule has 0 radical (unpaired) electrons. The molecule has 3 aromatic rings. The Morgan fingerprint density at radius 1 is 1.11 bits per heavy atom. The van der Waals surface area contributed by atoms with Crippen molar-refractivity contribution in [3.8, 4) is 9.88 Å². The lowest BCUT2D eigenvalue weighted by atomic mass is 10.3. The van der Waals surface area contributed by atoms with Crippen molar-refractivity contribution in [2.45, 2.75) is 19.8 Å². The fourth-order valence-electron chi connectivity index (χ4n) is 3.04. The molecule has 1 amide bonds. The standard InChI is InChI=1S/C18H19BrN4OS3/c1-12-9-27-18(20-12)23-4-2-3-22(5-6-23)16(24)8-14-11-26-17(21-14)15-7-13(19)10-25-15/h7,9-11H,2-6,8H2,1H3. The minimum absolute atomic E-state index is 0.163. The van der Waals surface area contributed by atoms with Crippen molar-refractivity contribution in [2.75, 3.05) is 31.1 Å². The van der Waals surface area contributed by atoms with E-state index in [1.165, 1.54) is 0 Å². The van der Waals surface area contributed by atoms with Gasteiger partial charge in [0, 0.05) is 46.8 Å². The summed E-state index contributed by atoms with van der Waals surface area (Å²) in [7, 11) is 0. The highest BCUT2D eigenvalue weighted by Crippen LogP contribution is 2.32. The van der Waals surface area contributed by atoms with Gasteiger partial charge in [0.1, 0.15) is 5.01 Å². The molecule has 0 saturated carbocycles. The van der Waals surface area contributed by atoms with Gasteiger partial charge in [0.25, 0.3) is 0 Å². The maximum absolute atomic E-state index is 12.8. The molecule has 4 heterocycles. The number of amides is 1. The van der Waals surface area contributed by atoms with Crippen LogP contribution < -0.4 is 4.90 Å². The van der Waals surface area contributed by atoms with E-state index in [0.717, 1.165) is 63.5 Å². The zero-order chi connectivity index (χ0) is 18.8. The van der Waals surface area contributed by atoms with Gasteiger partial charge in [-0.1, -0.05) is 0 Å². The van der Waals surface area contributed by atoms with E-state index >= 15 is 0 Å². The highest BCUT2D eigenvalue weighted by Gasteiger charge is 2.21. The summed E-state index contributed by atoms with van der Waals surface area (Å²) in [5.74, 6) is 0.163. The summed E-state index contributed by atoms with van der Waals surface area (Å²) in [6, 6.07) is 2.07. The second-order valence-electron chi connectivity index (χ2n) is 6.44. The first kappa shape index (κ1) is 19.0. The lowest BCUT2D eigenvalue weighted by molar-refractivity contribution is -0.130. The normalized spacial score (nSPS) is 15.2. The number of carbonyl (C=O) groups is 1. The van der Waals surface area contributed by atoms with Gasteiger partial charge < -0.3 is 9.80 Å². The molecule has 0 spiro atoms. The third-order valence-corrected chi connectivity index (χ3v) is 8.16. The minimum atomic E-state index is 0.163. The van der Waals surface area contributed by atoms with Crippen molar-refractivity contribution in [1.29, 1.82) is 0 Å². The van der Waals surface area contributed by atoms with Crippen LogP contribution in [0.15, 0.2) is 26.7 Å². The molecular weight excluding hydrogens is 464 g/mol. The van der Waals surface area contributed by atoms with E-state index in [0.29, 0.717) is 6.42 Å². The Kier molecular flexibility index (Phi) is 5.91. The number of nitrogens with zero attached hydrogens (tertiary/aromatic N) is 4. The third kappa shape index (κ3) is 4.59. The molecule has 1 fully saturated rings. The van der Waals surface area contributed by atoms with Crippen LogP contribution in [0, 0.1) is 6.92 Å². The van der Waals surface area contributed by atoms with E-state index in [-0.39, 0.29) is 5.91 Å². The maximum Gasteiger partial charge on any atom is 0.228 e. The van der Waals surface area contributed by atoms with Crippen LogP contribution in [-0.4, -0.2) is 47.0 Å². The van der Waals surface area contributed by atoms with Crippen molar-refractivity contribution in [2.24, 2.45) is 0 Å². The molecule has 0 atom stereocenters. The SMILES string of the molecule is Cc1csc(N2CCCN(C(=O)Cc3csc(-c4cc(Br)cs4)n3)CC2)n1. The zero-order valence-electron chi connectivity index (χ0n) is 14.9. The lowest BCUT2D eigenvalue weighted by Crippen LogP contribution is -2.36. The first-order chi connectivity index (χ1) is 13.1. The average molecular weight is 483 g/mol. The number of halogens is 1. The summed E-state index contributed by atoms with van der Waals surface area (Å²) in [5, 5.41) is 8.18. The van der Waals surface area contributed by atoms with Gasteiger partial charge in [0.15, 0.2) is 5.13 Å². The number of hydrogen-bond acceptors (Lipinski definition) is 7.